The van der Waals surface area contributed by atoms with E-state index in [1.807, 2.05) is 30.5 Å². The first-order chi connectivity index (χ1) is 15.2. The number of carbonyl (C=O) groups is 1. The Bertz CT molecular complexity index is 934. The van der Waals surface area contributed by atoms with Gasteiger partial charge in [-0.3, -0.25) is 14.7 Å². The summed E-state index contributed by atoms with van der Waals surface area (Å²) in [6.07, 6.45) is 9.41. The Morgan fingerprint density at radius 2 is 2.23 bits per heavy atom. The van der Waals surface area contributed by atoms with Gasteiger partial charge in [-0.2, -0.15) is 0 Å². The van der Waals surface area contributed by atoms with E-state index >= 15 is 0 Å². The zero-order valence-corrected chi connectivity index (χ0v) is 18.1. The second-order valence-corrected chi connectivity index (χ2v) is 9.25. The number of fused-ring (bicyclic) bond motifs is 4. The molecule has 4 aliphatic rings. The van der Waals surface area contributed by atoms with E-state index in [4.69, 9.17) is 9.47 Å². The van der Waals surface area contributed by atoms with Crippen molar-refractivity contribution in [2.75, 3.05) is 19.7 Å². The number of esters is 1. The molecule has 1 unspecified atom stereocenters. The average molecular weight is 421 g/mol. The number of rotatable bonds is 7. The van der Waals surface area contributed by atoms with E-state index in [0.717, 1.165) is 61.8 Å². The van der Waals surface area contributed by atoms with Crippen LogP contribution in [0.4, 0.5) is 0 Å². The van der Waals surface area contributed by atoms with Gasteiger partial charge in [-0.05, 0) is 62.6 Å². The fraction of sp³-hybridized carbons (Fsp3) is 0.538. The predicted octanol–water partition coefficient (Wildman–Crippen LogP) is 4.67. The fourth-order valence-corrected chi connectivity index (χ4v) is 5.76. The van der Waals surface area contributed by atoms with E-state index in [1.165, 1.54) is 6.42 Å². The number of piperidine rings is 3. The highest BCUT2D eigenvalue weighted by Crippen LogP contribution is 2.43. The van der Waals surface area contributed by atoms with Crippen LogP contribution in [0.1, 0.15) is 50.2 Å². The Hall–Kier alpha value is -2.24. The van der Waals surface area contributed by atoms with Gasteiger partial charge in [0, 0.05) is 36.7 Å². The molecule has 5 nitrogen and oxygen atoms in total. The van der Waals surface area contributed by atoms with Crippen molar-refractivity contribution in [3.63, 3.8) is 0 Å². The zero-order chi connectivity index (χ0) is 21.2. The van der Waals surface area contributed by atoms with Gasteiger partial charge in [0.15, 0.2) is 0 Å². The van der Waals surface area contributed by atoms with Gasteiger partial charge in [0.05, 0.1) is 17.7 Å². The highest BCUT2D eigenvalue weighted by atomic mass is 16.5. The lowest BCUT2D eigenvalue weighted by atomic mass is 9.73. The molecule has 1 aromatic heterocycles. The summed E-state index contributed by atoms with van der Waals surface area (Å²) < 4.78 is 12.0. The lowest BCUT2D eigenvalue weighted by Gasteiger charge is -2.51. The quantitative estimate of drug-likeness (QED) is 0.481. The number of hydrogen-bond donors (Lipinski definition) is 0. The van der Waals surface area contributed by atoms with Gasteiger partial charge < -0.3 is 9.47 Å². The maximum atomic E-state index is 13.0. The minimum atomic E-state index is -0.279. The Morgan fingerprint density at radius 3 is 3.00 bits per heavy atom. The van der Waals surface area contributed by atoms with Crippen molar-refractivity contribution >= 4 is 16.9 Å². The molecule has 0 saturated carbocycles. The number of ether oxygens (including phenoxy) is 2. The molecule has 4 saturated heterocycles. The van der Waals surface area contributed by atoms with Crippen molar-refractivity contribution in [2.45, 2.75) is 56.8 Å². The topological polar surface area (TPSA) is 51.7 Å². The SMILES string of the molecule is C=C[C@@H]1CN2CC[C@H]1C[C@@H]2[C@@H](OC(=O)CC[C@@H]1CCCO1)c1ccnc2ccccc12. The number of hydrogen-bond acceptors (Lipinski definition) is 5. The van der Waals surface area contributed by atoms with Crippen LogP contribution in [-0.2, 0) is 14.3 Å². The molecular weight excluding hydrogens is 388 g/mol. The molecule has 31 heavy (non-hydrogen) atoms. The monoisotopic (exact) mass is 420 g/mol. The van der Waals surface area contributed by atoms with E-state index in [2.05, 4.69) is 28.6 Å². The molecule has 0 spiro atoms. The van der Waals surface area contributed by atoms with Crippen LogP contribution in [0, 0.1) is 11.8 Å². The third kappa shape index (κ3) is 4.26. The van der Waals surface area contributed by atoms with Gasteiger partial charge in [0.25, 0.3) is 0 Å². The first-order valence-corrected chi connectivity index (χ1v) is 11.7. The van der Waals surface area contributed by atoms with Gasteiger partial charge in [-0.1, -0.05) is 24.3 Å². The standard InChI is InChI=1S/C26H32N2O3/c1-2-18-17-28-14-12-19(18)16-24(28)26(31-25(29)10-9-20-6-5-15-30-20)22-11-13-27-23-8-4-3-7-21(22)23/h2-4,7-8,11,13,18-20,24,26H,1,5-6,9-10,12,14-17H2/t18-,19+,20+,24-,26+/m1/s1. The zero-order valence-electron chi connectivity index (χ0n) is 18.1. The van der Waals surface area contributed by atoms with E-state index < -0.39 is 0 Å². The average Bonchev–Trinajstić information content (AvgIpc) is 3.35. The summed E-state index contributed by atoms with van der Waals surface area (Å²) in [7, 11) is 0. The van der Waals surface area contributed by atoms with Crippen LogP contribution < -0.4 is 0 Å². The Balaban J connectivity index is 1.41. The van der Waals surface area contributed by atoms with Gasteiger partial charge in [-0.15, -0.1) is 6.58 Å². The summed E-state index contributed by atoms with van der Waals surface area (Å²) in [5, 5.41) is 1.07. The van der Waals surface area contributed by atoms with E-state index in [-0.39, 0.29) is 24.2 Å². The van der Waals surface area contributed by atoms with Crippen molar-refractivity contribution in [1.29, 1.82) is 0 Å². The lowest BCUT2D eigenvalue weighted by molar-refractivity contribution is -0.158. The summed E-state index contributed by atoms with van der Waals surface area (Å²) in [6.45, 7) is 6.93. The van der Waals surface area contributed by atoms with Crippen molar-refractivity contribution in [3.05, 3.63) is 54.7 Å². The van der Waals surface area contributed by atoms with Gasteiger partial charge in [-0.25, -0.2) is 0 Å². The highest BCUT2D eigenvalue weighted by molar-refractivity contribution is 5.82. The van der Waals surface area contributed by atoms with Crippen molar-refractivity contribution < 1.29 is 14.3 Å². The molecule has 0 N–H and O–H groups in total. The third-order valence-corrected chi connectivity index (χ3v) is 7.45. The summed E-state index contributed by atoms with van der Waals surface area (Å²) in [5.74, 6) is 1.04. The Kier molecular flexibility index (Phi) is 6.06. The molecule has 5 heterocycles. The van der Waals surface area contributed by atoms with Crippen molar-refractivity contribution in [3.8, 4) is 0 Å². The first-order valence-electron chi connectivity index (χ1n) is 11.7. The molecule has 4 aliphatic heterocycles. The molecule has 164 valence electrons. The maximum absolute atomic E-state index is 13.0. The van der Waals surface area contributed by atoms with Crippen LogP contribution in [0.15, 0.2) is 49.2 Å². The smallest absolute Gasteiger partial charge is 0.306 e. The summed E-state index contributed by atoms with van der Waals surface area (Å²) in [4.78, 5) is 20.0. The van der Waals surface area contributed by atoms with E-state index in [9.17, 15) is 4.79 Å². The molecule has 2 bridgehead atoms. The number of benzene rings is 1. The number of pyridine rings is 1. The van der Waals surface area contributed by atoms with E-state index in [0.29, 0.717) is 18.3 Å². The van der Waals surface area contributed by atoms with Gasteiger partial charge >= 0.3 is 5.97 Å². The van der Waals surface area contributed by atoms with Crippen LogP contribution in [0.2, 0.25) is 0 Å². The Labute approximate surface area is 184 Å². The van der Waals surface area contributed by atoms with Crippen LogP contribution in [0.5, 0.6) is 0 Å². The van der Waals surface area contributed by atoms with Crippen molar-refractivity contribution in [2.24, 2.45) is 11.8 Å². The summed E-state index contributed by atoms with van der Waals surface area (Å²) >= 11 is 0. The maximum Gasteiger partial charge on any atom is 0.306 e. The first kappa shape index (κ1) is 20.7. The number of carbonyl (C=O) groups excluding carboxylic acids is 1. The largest absolute Gasteiger partial charge is 0.456 e. The molecule has 0 aliphatic carbocycles. The third-order valence-electron chi connectivity index (χ3n) is 7.45. The lowest BCUT2D eigenvalue weighted by Crippen LogP contribution is -2.55. The normalized spacial score (nSPS) is 30.9. The second-order valence-electron chi connectivity index (χ2n) is 9.25. The van der Waals surface area contributed by atoms with Crippen molar-refractivity contribution in [1.82, 2.24) is 9.88 Å². The molecule has 2 aromatic rings. The molecule has 0 amide bonds. The van der Waals surface area contributed by atoms with Crippen LogP contribution in [0.25, 0.3) is 10.9 Å². The second kappa shape index (κ2) is 9.09. The molecule has 5 heteroatoms. The summed E-state index contributed by atoms with van der Waals surface area (Å²) in [6, 6.07) is 10.4. The van der Waals surface area contributed by atoms with Gasteiger partial charge in [0.1, 0.15) is 6.10 Å². The van der Waals surface area contributed by atoms with Crippen LogP contribution in [0.3, 0.4) is 0 Å². The number of aromatic nitrogens is 1. The highest BCUT2D eigenvalue weighted by Gasteiger charge is 2.44. The fourth-order valence-electron chi connectivity index (χ4n) is 5.76. The van der Waals surface area contributed by atoms with Crippen LogP contribution >= 0.6 is 0 Å². The molecule has 0 radical (unpaired) electrons. The van der Waals surface area contributed by atoms with Crippen LogP contribution in [-0.4, -0.2) is 47.7 Å². The molecule has 1 aromatic carbocycles. The predicted molar refractivity (Wildman–Crippen MR) is 121 cm³/mol. The minimum absolute atomic E-state index is 0.121. The number of nitrogens with zero attached hydrogens (tertiary/aromatic N) is 2. The van der Waals surface area contributed by atoms with E-state index in [1.54, 1.807) is 0 Å². The number of para-hydroxylation sites is 1. The Morgan fingerprint density at radius 1 is 1.32 bits per heavy atom. The van der Waals surface area contributed by atoms with Gasteiger partial charge in [0.2, 0.25) is 0 Å². The molecule has 6 rings (SSSR count). The summed E-state index contributed by atoms with van der Waals surface area (Å²) in [5.41, 5.74) is 2.02. The minimum Gasteiger partial charge on any atom is -0.456 e. The molecular formula is C26H32N2O3. The molecule has 4 fully saturated rings. The molecule has 6 atom stereocenters.